The number of nitrogens with zero attached hydrogens (tertiary/aromatic N) is 3. The third-order valence-corrected chi connectivity index (χ3v) is 11.3. The van der Waals surface area contributed by atoms with Crippen molar-refractivity contribution in [1.29, 1.82) is 0 Å². The maximum atomic E-state index is 4.91. The summed E-state index contributed by atoms with van der Waals surface area (Å²) in [4.78, 5) is 14.7. The zero-order valence-electron chi connectivity index (χ0n) is 31.0. The molecule has 2 aliphatic rings. The van der Waals surface area contributed by atoms with E-state index in [4.69, 9.17) is 15.0 Å². The second-order valence-corrected chi connectivity index (χ2v) is 14.3. The van der Waals surface area contributed by atoms with E-state index in [2.05, 4.69) is 141 Å². The van der Waals surface area contributed by atoms with E-state index in [1.807, 2.05) is 66.7 Å². The fourth-order valence-corrected chi connectivity index (χ4v) is 8.83. The Morgan fingerprint density at radius 2 is 0.821 bits per heavy atom. The normalized spacial score (nSPS) is 16.5. The average Bonchev–Trinajstić information content (AvgIpc) is 3.73. The molecule has 264 valence electrons. The molecule has 10 rings (SSSR count). The lowest BCUT2D eigenvalue weighted by molar-refractivity contribution is 0.794. The summed E-state index contributed by atoms with van der Waals surface area (Å²) in [6, 6.07) is 62.4. The van der Waals surface area contributed by atoms with Crippen molar-refractivity contribution < 1.29 is 0 Å². The van der Waals surface area contributed by atoms with Gasteiger partial charge in [0.2, 0.25) is 0 Å². The lowest BCUT2D eigenvalue weighted by Crippen LogP contribution is -2.26. The first-order chi connectivity index (χ1) is 27.7. The third kappa shape index (κ3) is 5.24. The van der Waals surface area contributed by atoms with Crippen molar-refractivity contribution in [1.82, 2.24) is 15.0 Å². The Morgan fingerprint density at radius 1 is 0.411 bits per heavy atom. The highest BCUT2D eigenvalue weighted by molar-refractivity contribution is 6.00. The van der Waals surface area contributed by atoms with Crippen molar-refractivity contribution in [2.75, 3.05) is 0 Å². The van der Waals surface area contributed by atoms with Gasteiger partial charge in [0.1, 0.15) is 0 Å². The van der Waals surface area contributed by atoms with Crippen LogP contribution in [-0.4, -0.2) is 15.0 Å². The van der Waals surface area contributed by atoms with Crippen LogP contribution in [0.1, 0.15) is 29.2 Å². The van der Waals surface area contributed by atoms with Crippen LogP contribution in [0.4, 0.5) is 0 Å². The monoisotopic (exact) mass is 715 g/mol. The van der Waals surface area contributed by atoms with Crippen LogP contribution in [0.15, 0.2) is 206 Å². The van der Waals surface area contributed by atoms with Crippen LogP contribution in [0.3, 0.4) is 0 Å². The standard InChI is InChI=1S/C53H37N3/c1-3-15-46-42(4-2)43-20-11-13-22-47(43)53(46)48-23-14-12-21-44(48)45-34-41(32-33-49(45)53)37-26-24-35(25-27-37)36-28-30-40(31-29-36)52-55-50(38-16-7-5-8-17-38)54-51(56-52)39-18-9-6-10-19-39/h3-34H,1H2,2H3/b42-4-,46-15?. The topological polar surface area (TPSA) is 38.7 Å². The van der Waals surface area contributed by atoms with Gasteiger partial charge >= 0.3 is 0 Å². The van der Waals surface area contributed by atoms with E-state index in [-0.39, 0.29) is 5.41 Å². The fraction of sp³-hybridized carbons (Fsp3) is 0.0377. The van der Waals surface area contributed by atoms with Gasteiger partial charge in [-0.2, -0.15) is 0 Å². The first-order valence-electron chi connectivity index (χ1n) is 19.1. The number of fused-ring (bicyclic) bond motifs is 7. The largest absolute Gasteiger partial charge is 0.208 e. The first-order valence-corrected chi connectivity index (χ1v) is 19.1. The smallest absolute Gasteiger partial charge is 0.164 e. The maximum Gasteiger partial charge on any atom is 0.164 e. The summed E-state index contributed by atoms with van der Waals surface area (Å²) < 4.78 is 0. The highest BCUT2D eigenvalue weighted by Gasteiger charge is 2.52. The SMILES string of the molecule is C=CC=C1/C(=C\C)c2ccccc2C12c1ccccc1-c1cc(-c3ccc(-c4ccc(-c5nc(-c6ccccc6)nc(-c6ccccc6)n5)cc4)cc3)ccc12. The third-order valence-electron chi connectivity index (χ3n) is 11.3. The Hall–Kier alpha value is -7.23. The molecule has 1 heterocycles. The van der Waals surface area contributed by atoms with Crippen LogP contribution in [0, 0.1) is 0 Å². The molecule has 0 aliphatic heterocycles. The summed E-state index contributed by atoms with van der Waals surface area (Å²) in [5.74, 6) is 1.96. The molecule has 2 aliphatic carbocycles. The van der Waals surface area contributed by atoms with Gasteiger partial charge in [-0.15, -0.1) is 0 Å². The number of rotatable bonds is 6. The van der Waals surface area contributed by atoms with Crippen LogP contribution in [-0.2, 0) is 5.41 Å². The predicted octanol–water partition coefficient (Wildman–Crippen LogP) is 13.1. The molecule has 1 atom stereocenters. The zero-order valence-corrected chi connectivity index (χ0v) is 31.0. The molecular formula is C53H37N3. The van der Waals surface area contributed by atoms with Gasteiger partial charge in [0, 0.05) is 16.7 Å². The minimum atomic E-state index is -0.388. The van der Waals surface area contributed by atoms with Crippen LogP contribution >= 0.6 is 0 Å². The number of benzene rings is 7. The summed E-state index contributed by atoms with van der Waals surface area (Å²) in [5.41, 5.74) is 17.5. The van der Waals surface area contributed by atoms with Crippen molar-refractivity contribution in [3.05, 3.63) is 229 Å². The van der Waals surface area contributed by atoms with E-state index in [9.17, 15) is 0 Å². The molecule has 7 aromatic carbocycles. The molecule has 0 amide bonds. The van der Waals surface area contributed by atoms with Crippen LogP contribution in [0.25, 0.3) is 73.1 Å². The number of hydrogen-bond acceptors (Lipinski definition) is 3. The lowest BCUT2D eigenvalue weighted by Gasteiger charge is -2.31. The van der Waals surface area contributed by atoms with E-state index >= 15 is 0 Å². The van der Waals surface area contributed by atoms with Gasteiger partial charge in [0.05, 0.1) is 5.41 Å². The molecule has 8 aromatic rings. The van der Waals surface area contributed by atoms with Crippen LogP contribution in [0.2, 0.25) is 0 Å². The maximum absolute atomic E-state index is 4.91. The van der Waals surface area contributed by atoms with Gasteiger partial charge in [-0.3, -0.25) is 0 Å². The summed E-state index contributed by atoms with van der Waals surface area (Å²) in [6.45, 7) is 6.28. The highest BCUT2D eigenvalue weighted by Crippen LogP contribution is 2.63. The second-order valence-electron chi connectivity index (χ2n) is 14.3. The van der Waals surface area contributed by atoms with E-state index in [0.717, 1.165) is 27.8 Å². The minimum absolute atomic E-state index is 0.388. The van der Waals surface area contributed by atoms with Gasteiger partial charge in [0.15, 0.2) is 17.5 Å². The minimum Gasteiger partial charge on any atom is -0.208 e. The van der Waals surface area contributed by atoms with Crippen molar-refractivity contribution in [2.45, 2.75) is 12.3 Å². The molecule has 1 unspecified atom stereocenters. The van der Waals surface area contributed by atoms with Crippen molar-refractivity contribution in [2.24, 2.45) is 0 Å². The van der Waals surface area contributed by atoms with Crippen molar-refractivity contribution >= 4 is 5.57 Å². The Kier molecular flexibility index (Phi) is 8.08. The molecule has 0 fully saturated rings. The van der Waals surface area contributed by atoms with Gasteiger partial charge in [-0.1, -0.05) is 195 Å². The summed E-state index contributed by atoms with van der Waals surface area (Å²) in [6.07, 6.45) is 6.41. The molecule has 0 bridgehead atoms. The van der Waals surface area contributed by atoms with Gasteiger partial charge in [-0.25, -0.2) is 15.0 Å². The summed E-state index contributed by atoms with van der Waals surface area (Å²) >= 11 is 0. The van der Waals surface area contributed by atoms with Crippen molar-refractivity contribution in [3.8, 4) is 67.5 Å². The zero-order chi connectivity index (χ0) is 37.6. The van der Waals surface area contributed by atoms with Crippen molar-refractivity contribution in [3.63, 3.8) is 0 Å². The second kappa shape index (κ2) is 13.6. The van der Waals surface area contributed by atoms with Gasteiger partial charge in [0.25, 0.3) is 0 Å². The summed E-state index contributed by atoms with van der Waals surface area (Å²) in [7, 11) is 0. The molecule has 1 aromatic heterocycles. The Bertz CT molecular complexity index is 2790. The average molecular weight is 716 g/mol. The predicted molar refractivity (Wildman–Crippen MR) is 231 cm³/mol. The highest BCUT2D eigenvalue weighted by atomic mass is 15.0. The molecule has 1 spiro atoms. The fourth-order valence-electron chi connectivity index (χ4n) is 8.83. The van der Waals surface area contributed by atoms with E-state index in [1.54, 1.807) is 0 Å². The molecule has 0 saturated heterocycles. The molecule has 0 radical (unpaired) electrons. The Labute approximate surface area is 327 Å². The number of aromatic nitrogens is 3. The molecule has 0 N–H and O–H groups in total. The van der Waals surface area contributed by atoms with E-state index in [1.165, 1.54) is 55.7 Å². The Morgan fingerprint density at radius 3 is 1.36 bits per heavy atom. The Balaban J connectivity index is 0.991. The lowest BCUT2D eigenvalue weighted by atomic mass is 9.70. The number of allylic oxidation sites excluding steroid dienone is 5. The molecule has 0 saturated carbocycles. The van der Waals surface area contributed by atoms with Gasteiger partial charge < -0.3 is 0 Å². The van der Waals surface area contributed by atoms with E-state index in [0.29, 0.717) is 17.5 Å². The molecular weight excluding hydrogens is 679 g/mol. The van der Waals surface area contributed by atoms with Crippen LogP contribution < -0.4 is 0 Å². The summed E-state index contributed by atoms with van der Waals surface area (Å²) in [5, 5.41) is 0. The van der Waals surface area contributed by atoms with E-state index < -0.39 is 0 Å². The first kappa shape index (κ1) is 33.3. The quantitative estimate of drug-likeness (QED) is 0.172. The molecule has 56 heavy (non-hydrogen) atoms. The van der Waals surface area contributed by atoms with Crippen LogP contribution in [0.5, 0.6) is 0 Å². The molecule has 3 heteroatoms. The molecule has 3 nitrogen and oxygen atoms in total. The van der Waals surface area contributed by atoms with Gasteiger partial charge in [-0.05, 0) is 79.8 Å². The number of hydrogen-bond donors (Lipinski definition) is 0.